The summed E-state index contributed by atoms with van der Waals surface area (Å²) in [7, 11) is 0. The van der Waals surface area contributed by atoms with Gasteiger partial charge in [0.1, 0.15) is 0 Å². The number of carbonyl (C=O) groups excluding carboxylic acids is 1. The van der Waals surface area contributed by atoms with Crippen molar-refractivity contribution in [3.05, 3.63) is 48.2 Å². The lowest BCUT2D eigenvalue weighted by Gasteiger charge is -2.08. The van der Waals surface area contributed by atoms with E-state index in [0.29, 0.717) is 17.8 Å². The zero-order valence-electron chi connectivity index (χ0n) is 12.4. The van der Waals surface area contributed by atoms with Gasteiger partial charge in [0.15, 0.2) is 5.82 Å². The Labute approximate surface area is 129 Å². The van der Waals surface area contributed by atoms with Crippen molar-refractivity contribution >= 4 is 11.7 Å². The van der Waals surface area contributed by atoms with Crippen molar-refractivity contribution in [1.82, 2.24) is 15.1 Å². The first-order chi connectivity index (χ1) is 10.8. The maximum atomic E-state index is 12.3. The molecule has 2 aliphatic rings. The van der Waals surface area contributed by atoms with Crippen molar-refractivity contribution in [2.45, 2.75) is 24.8 Å². The highest BCUT2D eigenvalue weighted by Crippen LogP contribution is 2.47. The molecule has 22 heavy (non-hydrogen) atoms. The minimum absolute atomic E-state index is 0.0840. The van der Waals surface area contributed by atoms with E-state index in [2.05, 4.69) is 27.9 Å². The third-order valence-corrected chi connectivity index (χ3v) is 4.62. The van der Waals surface area contributed by atoms with Gasteiger partial charge < -0.3 is 10.6 Å². The molecular formula is C17H20N4O. The quantitative estimate of drug-likeness (QED) is 0.909. The molecule has 4 rings (SSSR count). The van der Waals surface area contributed by atoms with Crippen LogP contribution >= 0.6 is 0 Å². The van der Waals surface area contributed by atoms with Gasteiger partial charge in [0.2, 0.25) is 5.91 Å². The zero-order chi connectivity index (χ0) is 14.9. The van der Waals surface area contributed by atoms with Crippen molar-refractivity contribution in [3.8, 4) is 0 Å². The zero-order valence-corrected chi connectivity index (χ0v) is 12.4. The molecule has 1 aromatic heterocycles. The van der Waals surface area contributed by atoms with Crippen LogP contribution < -0.4 is 10.6 Å². The van der Waals surface area contributed by atoms with Crippen molar-refractivity contribution < 1.29 is 4.79 Å². The number of nitrogens with zero attached hydrogens (tertiary/aromatic N) is 2. The monoisotopic (exact) mass is 296 g/mol. The number of carbonyl (C=O) groups is 1. The van der Waals surface area contributed by atoms with E-state index in [1.54, 1.807) is 0 Å². The average Bonchev–Trinajstić information content (AvgIpc) is 2.95. The molecule has 1 amide bonds. The van der Waals surface area contributed by atoms with Crippen molar-refractivity contribution in [2.75, 3.05) is 18.4 Å². The Balaban J connectivity index is 1.37. The summed E-state index contributed by atoms with van der Waals surface area (Å²) < 4.78 is 1.96. The van der Waals surface area contributed by atoms with E-state index in [0.717, 1.165) is 25.9 Å². The molecule has 2 heterocycles. The maximum absolute atomic E-state index is 12.3. The van der Waals surface area contributed by atoms with Gasteiger partial charge in [-0.25, -0.2) is 0 Å². The van der Waals surface area contributed by atoms with E-state index in [9.17, 15) is 4.79 Å². The van der Waals surface area contributed by atoms with Gasteiger partial charge in [-0.2, -0.15) is 5.10 Å². The lowest BCUT2D eigenvalue weighted by atomic mass is 10.1. The predicted octanol–water partition coefficient (Wildman–Crippen LogP) is 2.16. The molecule has 3 atom stereocenters. The standard InChI is InChI=1S/C17H20N4O/c22-17(15-10-14(15)12-4-2-1-3-5-12)19-16-7-9-21(20-16)13-6-8-18-11-13/h1-5,7,9,13-15,18H,6,8,10-11H2,(H,19,20,22)/t13-,14-,15+/m1/s1. The highest BCUT2D eigenvalue weighted by molar-refractivity contribution is 5.94. The number of rotatable bonds is 4. The Morgan fingerprint density at radius 2 is 2.14 bits per heavy atom. The first-order valence-corrected chi connectivity index (χ1v) is 7.93. The molecule has 1 aliphatic heterocycles. The van der Waals surface area contributed by atoms with Crippen LogP contribution in [-0.4, -0.2) is 28.8 Å². The lowest BCUT2D eigenvalue weighted by molar-refractivity contribution is -0.117. The average molecular weight is 296 g/mol. The molecule has 1 aliphatic carbocycles. The normalized spacial score (nSPS) is 26.8. The van der Waals surface area contributed by atoms with Crippen LogP contribution in [0.1, 0.15) is 30.4 Å². The van der Waals surface area contributed by atoms with Gasteiger partial charge in [0, 0.05) is 24.7 Å². The highest BCUT2D eigenvalue weighted by Gasteiger charge is 2.43. The van der Waals surface area contributed by atoms with Crippen LogP contribution in [0.5, 0.6) is 0 Å². The van der Waals surface area contributed by atoms with Gasteiger partial charge in [-0.15, -0.1) is 0 Å². The summed E-state index contributed by atoms with van der Waals surface area (Å²) >= 11 is 0. The second-order valence-electron chi connectivity index (χ2n) is 6.18. The molecule has 0 radical (unpaired) electrons. The van der Waals surface area contributed by atoms with E-state index in [4.69, 9.17) is 0 Å². The number of anilines is 1. The molecule has 1 aromatic carbocycles. The number of nitrogens with one attached hydrogen (secondary N) is 2. The van der Waals surface area contributed by atoms with E-state index in [1.165, 1.54) is 5.56 Å². The van der Waals surface area contributed by atoms with Gasteiger partial charge in [-0.3, -0.25) is 9.48 Å². The van der Waals surface area contributed by atoms with Gasteiger partial charge in [-0.1, -0.05) is 30.3 Å². The Morgan fingerprint density at radius 3 is 2.91 bits per heavy atom. The summed E-state index contributed by atoms with van der Waals surface area (Å²) in [5.74, 6) is 1.20. The fourth-order valence-electron chi connectivity index (χ4n) is 3.25. The number of amides is 1. The molecule has 0 spiro atoms. The summed E-state index contributed by atoms with van der Waals surface area (Å²) in [4.78, 5) is 12.3. The minimum atomic E-state index is 0.0840. The maximum Gasteiger partial charge on any atom is 0.229 e. The predicted molar refractivity (Wildman–Crippen MR) is 84.7 cm³/mol. The molecule has 5 heteroatoms. The van der Waals surface area contributed by atoms with Crippen LogP contribution in [0.3, 0.4) is 0 Å². The van der Waals surface area contributed by atoms with Crippen molar-refractivity contribution in [2.24, 2.45) is 5.92 Å². The molecule has 0 bridgehead atoms. The van der Waals surface area contributed by atoms with E-state index >= 15 is 0 Å². The topological polar surface area (TPSA) is 59.0 Å². The van der Waals surface area contributed by atoms with Gasteiger partial charge in [-0.05, 0) is 30.9 Å². The lowest BCUT2D eigenvalue weighted by Crippen LogP contribution is -2.17. The van der Waals surface area contributed by atoms with Gasteiger partial charge >= 0.3 is 0 Å². The van der Waals surface area contributed by atoms with Crippen molar-refractivity contribution in [3.63, 3.8) is 0 Å². The highest BCUT2D eigenvalue weighted by atomic mass is 16.2. The third-order valence-electron chi connectivity index (χ3n) is 4.62. The number of hydrogen-bond acceptors (Lipinski definition) is 3. The number of aromatic nitrogens is 2. The second kappa shape index (κ2) is 5.57. The minimum Gasteiger partial charge on any atom is -0.315 e. The van der Waals surface area contributed by atoms with Gasteiger partial charge in [0.05, 0.1) is 6.04 Å². The fourth-order valence-corrected chi connectivity index (χ4v) is 3.25. The van der Waals surface area contributed by atoms with E-state index in [1.807, 2.05) is 35.1 Å². The molecule has 1 saturated heterocycles. The van der Waals surface area contributed by atoms with E-state index < -0.39 is 0 Å². The molecule has 114 valence electrons. The van der Waals surface area contributed by atoms with Crippen LogP contribution in [-0.2, 0) is 4.79 Å². The molecule has 5 nitrogen and oxygen atoms in total. The summed E-state index contributed by atoms with van der Waals surface area (Å²) in [6.07, 6.45) is 3.98. The molecule has 2 N–H and O–H groups in total. The van der Waals surface area contributed by atoms with Crippen LogP contribution in [0.2, 0.25) is 0 Å². The molecule has 1 saturated carbocycles. The Bertz CT molecular complexity index is 660. The second-order valence-corrected chi connectivity index (χ2v) is 6.18. The first kappa shape index (κ1) is 13.5. The third kappa shape index (κ3) is 2.64. The van der Waals surface area contributed by atoms with Gasteiger partial charge in [0.25, 0.3) is 0 Å². The van der Waals surface area contributed by atoms with Crippen LogP contribution in [0, 0.1) is 5.92 Å². The van der Waals surface area contributed by atoms with Crippen LogP contribution in [0.15, 0.2) is 42.6 Å². The SMILES string of the molecule is O=C(Nc1ccn([C@@H]2CCNC2)n1)[C@H]1C[C@@H]1c1ccccc1. The van der Waals surface area contributed by atoms with Crippen LogP contribution in [0.25, 0.3) is 0 Å². The number of benzene rings is 1. The van der Waals surface area contributed by atoms with Crippen LogP contribution in [0.4, 0.5) is 5.82 Å². The Morgan fingerprint density at radius 1 is 1.27 bits per heavy atom. The summed E-state index contributed by atoms with van der Waals surface area (Å²) in [5, 5.41) is 10.8. The molecule has 2 aromatic rings. The smallest absolute Gasteiger partial charge is 0.229 e. The summed E-state index contributed by atoms with van der Waals surface area (Å²) in [6.45, 7) is 1.99. The summed E-state index contributed by atoms with van der Waals surface area (Å²) in [5.41, 5.74) is 1.25. The largest absolute Gasteiger partial charge is 0.315 e. The van der Waals surface area contributed by atoms with E-state index in [-0.39, 0.29) is 11.8 Å². The summed E-state index contributed by atoms with van der Waals surface area (Å²) in [6, 6.07) is 12.5. The molecule has 0 unspecified atom stereocenters. The Hall–Kier alpha value is -2.14. The molecule has 2 fully saturated rings. The molecular weight excluding hydrogens is 276 g/mol. The Kier molecular flexibility index (Phi) is 3.42. The first-order valence-electron chi connectivity index (χ1n) is 7.93. The number of hydrogen-bond donors (Lipinski definition) is 2. The van der Waals surface area contributed by atoms with Crippen molar-refractivity contribution in [1.29, 1.82) is 0 Å². The fraction of sp³-hybridized carbons (Fsp3) is 0.412.